The van der Waals surface area contributed by atoms with Crippen LogP contribution < -0.4 is 25.6 Å². The minimum Gasteiger partial charge on any atom is -0.473 e. The van der Waals surface area contributed by atoms with Crippen molar-refractivity contribution in [3.63, 3.8) is 0 Å². The van der Waals surface area contributed by atoms with E-state index < -0.39 is 0 Å². The summed E-state index contributed by atoms with van der Waals surface area (Å²) < 4.78 is 9.68. The average Bonchev–Trinajstić information content (AvgIpc) is 3.76. The molecule has 15 heteroatoms. The Morgan fingerprint density at radius 1 is 0.721 bits per heavy atom. The number of amides is 2. The van der Waals surface area contributed by atoms with Crippen molar-refractivity contribution in [2.75, 3.05) is 44.7 Å². The fourth-order valence-corrected chi connectivity index (χ4v) is 11.4. The van der Waals surface area contributed by atoms with E-state index in [2.05, 4.69) is 73.3 Å². The Morgan fingerprint density at radius 3 is 2.13 bits per heavy atom. The number of carbonyl (C=O) groups excluding carboxylic acids is 2. The van der Waals surface area contributed by atoms with Crippen molar-refractivity contribution in [1.82, 2.24) is 55.4 Å². The molecule has 15 nitrogen and oxygen atoms in total. The van der Waals surface area contributed by atoms with Gasteiger partial charge in [0.05, 0.1) is 10.8 Å². The molecule has 0 radical (unpaired) electrons. The van der Waals surface area contributed by atoms with Gasteiger partial charge in [-0.1, -0.05) is 56.0 Å². The number of aryl methyl sites for hydroxylation is 2. The Labute approximate surface area is 399 Å². The lowest BCUT2D eigenvalue weighted by molar-refractivity contribution is 0.0895. The molecule has 2 aliphatic carbocycles. The zero-order valence-corrected chi connectivity index (χ0v) is 40.1. The van der Waals surface area contributed by atoms with Gasteiger partial charge in [-0.05, 0) is 119 Å². The molecule has 0 spiro atoms. The molecule has 1 aromatic carbocycles. The Morgan fingerprint density at radius 2 is 1.41 bits per heavy atom. The van der Waals surface area contributed by atoms with Crippen LogP contribution in [0.2, 0.25) is 0 Å². The van der Waals surface area contributed by atoms with Gasteiger partial charge < -0.3 is 30.5 Å². The molecule has 5 aromatic heterocycles. The molecule has 2 unspecified atom stereocenters. The van der Waals surface area contributed by atoms with Crippen molar-refractivity contribution in [2.45, 2.75) is 121 Å². The van der Waals surface area contributed by atoms with Gasteiger partial charge in [-0.25, -0.2) is 14.3 Å². The molecular weight excluding hydrogens is 853 g/mol. The first-order chi connectivity index (χ1) is 33.2. The van der Waals surface area contributed by atoms with E-state index in [0.29, 0.717) is 46.9 Å². The molecule has 4 fully saturated rings. The maximum atomic E-state index is 13.6. The topological polar surface area (TPSA) is 160 Å². The van der Waals surface area contributed by atoms with Crippen molar-refractivity contribution >= 4 is 39.7 Å². The number of pyridine rings is 3. The van der Waals surface area contributed by atoms with Crippen LogP contribution in [0.1, 0.15) is 128 Å². The molecule has 2 saturated carbocycles. The first-order valence-corrected chi connectivity index (χ1v) is 25.4. The molecule has 10 rings (SSSR count). The van der Waals surface area contributed by atoms with Gasteiger partial charge in [-0.2, -0.15) is 15.2 Å². The molecule has 7 heterocycles. The van der Waals surface area contributed by atoms with Crippen molar-refractivity contribution < 1.29 is 14.3 Å². The monoisotopic (exact) mass is 921 g/mol. The first kappa shape index (κ1) is 45.8. The number of aromatic nitrogens is 7. The zero-order valence-electron chi connectivity index (χ0n) is 40.1. The smallest absolute Gasteiger partial charge is 0.272 e. The second-order valence-electron chi connectivity index (χ2n) is 19.9. The average molecular weight is 921 g/mol. The third-order valence-electron chi connectivity index (χ3n) is 15.4. The number of hydrogen-bond acceptors (Lipinski definition) is 11. The molecule has 358 valence electrons. The summed E-state index contributed by atoms with van der Waals surface area (Å²) in [7, 11) is 5.84. The van der Waals surface area contributed by atoms with Gasteiger partial charge in [0.15, 0.2) is 22.7 Å². The predicted octanol–water partition coefficient (Wildman–Crippen LogP) is 7.70. The van der Waals surface area contributed by atoms with E-state index in [1.807, 2.05) is 43.6 Å². The van der Waals surface area contributed by atoms with E-state index in [1.165, 1.54) is 38.6 Å². The lowest BCUT2D eigenvalue weighted by Gasteiger charge is -2.35. The van der Waals surface area contributed by atoms with Crippen LogP contribution in [0.15, 0.2) is 66.9 Å². The van der Waals surface area contributed by atoms with Gasteiger partial charge in [-0.3, -0.25) is 14.6 Å². The van der Waals surface area contributed by atoms with Crippen LogP contribution in [0.3, 0.4) is 0 Å². The van der Waals surface area contributed by atoms with Crippen LogP contribution in [0.25, 0.3) is 33.2 Å². The van der Waals surface area contributed by atoms with Gasteiger partial charge in [0.1, 0.15) is 12.4 Å². The fourth-order valence-electron chi connectivity index (χ4n) is 11.4. The summed E-state index contributed by atoms with van der Waals surface area (Å²) in [6.45, 7) is 5.45. The molecule has 6 aromatic rings. The standard InChI is InChI=1S/C53H68N12O3/c1-62(46-22-19-43-48(60-63(2)50(43)58-46)53(67)57-40-26-30-65(31-27-40)33-35-10-5-4-6-11-35)41-14-9-13-36(16-18-41)45-21-17-37(32-55-45)42-15-8-7-12-38(42)34-68-47-23-20-44-49(61-64(3)51(44)59-47)52(66)56-39-24-28-54-29-25-39/h7-8,12,15,17,19-23,32,35-36,39-41,54H,4-6,9-11,13-14,16,18,24-31,33-34H2,1-3H3,(H,56,66)(H,57,67). The van der Waals surface area contributed by atoms with Gasteiger partial charge in [0.25, 0.3) is 11.8 Å². The minimum absolute atomic E-state index is 0.0994. The van der Waals surface area contributed by atoms with E-state index >= 15 is 0 Å². The van der Waals surface area contributed by atoms with E-state index in [1.54, 1.807) is 16.4 Å². The second kappa shape index (κ2) is 20.7. The quantitative estimate of drug-likeness (QED) is 0.0975. The van der Waals surface area contributed by atoms with Gasteiger partial charge >= 0.3 is 0 Å². The van der Waals surface area contributed by atoms with Crippen molar-refractivity contribution in [3.8, 4) is 17.0 Å². The number of likely N-dealkylation sites (tertiary alicyclic amines) is 1. The number of carbonyl (C=O) groups is 2. The van der Waals surface area contributed by atoms with Gasteiger partial charge in [0, 0.05) is 88.3 Å². The molecule has 4 aliphatic rings. The molecule has 2 atom stereocenters. The van der Waals surface area contributed by atoms with E-state index in [-0.39, 0.29) is 23.9 Å². The number of fused-ring (bicyclic) bond motifs is 2. The van der Waals surface area contributed by atoms with E-state index in [9.17, 15) is 9.59 Å². The van der Waals surface area contributed by atoms with Gasteiger partial charge in [0.2, 0.25) is 5.88 Å². The molecular formula is C53H68N12O3. The maximum Gasteiger partial charge on any atom is 0.272 e. The number of anilines is 1. The summed E-state index contributed by atoms with van der Waals surface area (Å²) in [5, 5.41) is 20.5. The largest absolute Gasteiger partial charge is 0.473 e. The normalized spacial score (nSPS) is 20.3. The van der Waals surface area contributed by atoms with Crippen molar-refractivity contribution in [1.29, 1.82) is 0 Å². The number of ether oxygens (including phenoxy) is 1. The summed E-state index contributed by atoms with van der Waals surface area (Å²) >= 11 is 0. The van der Waals surface area contributed by atoms with Crippen LogP contribution in [0.5, 0.6) is 5.88 Å². The lowest BCUT2D eigenvalue weighted by atomic mass is 9.88. The number of hydrogen-bond donors (Lipinski definition) is 3. The Balaban J connectivity index is 0.731. The van der Waals surface area contributed by atoms with Crippen molar-refractivity contribution in [2.24, 2.45) is 20.0 Å². The van der Waals surface area contributed by atoms with Crippen LogP contribution in [0, 0.1) is 5.92 Å². The number of benzene rings is 1. The molecule has 3 N–H and O–H groups in total. The zero-order chi connectivity index (χ0) is 46.6. The maximum absolute atomic E-state index is 13.6. The molecule has 2 amide bonds. The fraction of sp³-hybridized carbons (Fsp3) is 0.528. The highest BCUT2D eigenvalue weighted by atomic mass is 16.5. The summed E-state index contributed by atoms with van der Waals surface area (Å²) in [5.74, 6) is 2.33. The van der Waals surface area contributed by atoms with Crippen LogP contribution >= 0.6 is 0 Å². The SMILES string of the molecule is CN(c1ccc2c(C(=O)NC3CCN(CC4CCCCC4)CC3)nn(C)c2n1)C1CCCC(c2ccc(-c3ccccc3COc3ccc4c(C(=O)NC5CCNCC5)nn(C)c4n3)cn2)CC1. The summed E-state index contributed by atoms with van der Waals surface area (Å²) in [4.78, 5) is 46.6. The highest BCUT2D eigenvalue weighted by Crippen LogP contribution is 2.35. The number of nitrogens with one attached hydrogen (secondary N) is 3. The third-order valence-corrected chi connectivity index (χ3v) is 15.4. The number of nitrogens with zero attached hydrogens (tertiary/aromatic N) is 9. The van der Waals surface area contributed by atoms with Crippen LogP contribution in [-0.4, -0.2) is 109 Å². The van der Waals surface area contributed by atoms with E-state index in [0.717, 1.165) is 129 Å². The molecule has 68 heavy (non-hydrogen) atoms. The predicted molar refractivity (Wildman–Crippen MR) is 266 cm³/mol. The lowest BCUT2D eigenvalue weighted by Crippen LogP contribution is -2.46. The molecule has 0 bridgehead atoms. The second-order valence-corrected chi connectivity index (χ2v) is 19.9. The summed E-state index contributed by atoms with van der Waals surface area (Å²) in [5.41, 5.74) is 6.46. The Hall–Kier alpha value is -5.93. The Kier molecular flexibility index (Phi) is 14.0. The molecule has 2 saturated heterocycles. The third kappa shape index (κ3) is 10.2. The number of piperidine rings is 2. The van der Waals surface area contributed by atoms with Gasteiger partial charge in [-0.15, -0.1) is 0 Å². The number of rotatable bonds is 13. The summed E-state index contributed by atoms with van der Waals surface area (Å²) in [6.07, 6.45) is 18.0. The Bertz CT molecular complexity index is 2690. The highest BCUT2D eigenvalue weighted by molar-refractivity contribution is 6.05. The van der Waals surface area contributed by atoms with Crippen LogP contribution in [-0.2, 0) is 20.7 Å². The van der Waals surface area contributed by atoms with Crippen LogP contribution in [0.4, 0.5) is 5.82 Å². The highest BCUT2D eigenvalue weighted by Gasteiger charge is 2.29. The summed E-state index contributed by atoms with van der Waals surface area (Å²) in [6, 6.07) is 21.1. The first-order valence-electron chi connectivity index (χ1n) is 25.4. The van der Waals surface area contributed by atoms with E-state index in [4.69, 9.17) is 19.7 Å². The minimum atomic E-state index is -0.168. The van der Waals surface area contributed by atoms with Crippen molar-refractivity contribution in [3.05, 3.63) is 89.5 Å². The molecule has 2 aliphatic heterocycles.